The van der Waals surface area contributed by atoms with Crippen molar-refractivity contribution < 1.29 is 9.59 Å². The number of piperidine rings is 1. The molecule has 2 aliphatic rings. The largest absolute Gasteiger partial charge is 0.353 e. The van der Waals surface area contributed by atoms with Crippen LogP contribution in [0.5, 0.6) is 0 Å². The quantitative estimate of drug-likeness (QED) is 0.674. The first-order chi connectivity index (χ1) is 15.7. The maximum Gasteiger partial charge on any atom is 0.228 e. The topological polar surface area (TPSA) is 61.4 Å². The highest BCUT2D eigenvalue weighted by atomic mass is 16.2. The lowest BCUT2D eigenvalue weighted by molar-refractivity contribution is -0.127. The fourth-order valence-electron chi connectivity index (χ4n) is 4.91. The van der Waals surface area contributed by atoms with Crippen LogP contribution in [0.15, 0.2) is 54.6 Å². The lowest BCUT2D eigenvalue weighted by Gasteiger charge is -2.32. The van der Waals surface area contributed by atoms with Gasteiger partial charge in [-0.1, -0.05) is 61.7 Å². The average molecular weight is 434 g/mol. The molecule has 5 nitrogen and oxygen atoms in total. The van der Waals surface area contributed by atoms with Gasteiger partial charge in [0.05, 0.1) is 6.42 Å². The number of likely N-dealkylation sites (tertiary alicyclic amines) is 1. The van der Waals surface area contributed by atoms with E-state index in [2.05, 4.69) is 27.7 Å². The van der Waals surface area contributed by atoms with Crippen LogP contribution in [0, 0.1) is 5.92 Å². The van der Waals surface area contributed by atoms with Gasteiger partial charge in [0.1, 0.15) is 0 Å². The molecule has 170 valence electrons. The van der Waals surface area contributed by atoms with E-state index in [9.17, 15) is 9.59 Å². The summed E-state index contributed by atoms with van der Waals surface area (Å²) in [7, 11) is 0. The summed E-state index contributed by atoms with van der Waals surface area (Å²) in [6.07, 6.45) is 8.30. The second-order valence-electron chi connectivity index (χ2n) is 9.30. The monoisotopic (exact) mass is 433 g/mol. The minimum atomic E-state index is -0.00172. The van der Waals surface area contributed by atoms with Gasteiger partial charge in [-0.15, -0.1) is 0 Å². The van der Waals surface area contributed by atoms with Gasteiger partial charge in [-0.05, 0) is 62.0 Å². The molecule has 0 aromatic heterocycles. The highest BCUT2D eigenvalue weighted by Gasteiger charge is 2.27. The summed E-state index contributed by atoms with van der Waals surface area (Å²) in [6.45, 7) is 2.72. The van der Waals surface area contributed by atoms with Gasteiger partial charge < -0.3 is 10.6 Å². The molecule has 2 aromatic carbocycles. The van der Waals surface area contributed by atoms with Crippen LogP contribution in [0.25, 0.3) is 0 Å². The van der Waals surface area contributed by atoms with Crippen LogP contribution in [0.1, 0.15) is 56.1 Å². The van der Waals surface area contributed by atoms with Crippen LogP contribution >= 0.6 is 0 Å². The normalized spacial score (nSPS) is 18.2. The van der Waals surface area contributed by atoms with E-state index in [1.54, 1.807) is 0 Å². The predicted molar refractivity (Wildman–Crippen MR) is 128 cm³/mol. The molecular formula is C27H35N3O2. The lowest BCUT2D eigenvalue weighted by atomic mass is 9.92. The number of nitrogens with one attached hydrogen (secondary N) is 2. The van der Waals surface area contributed by atoms with Crippen molar-refractivity contribution in [3.63, 3.8) is 0 Å². The van der Waals surface area contributed by atoms with Crippen molar-refractivity contribution in [1.29, 1.82) is 0 Å². The Hall–Kier alpha value is -2.66. The maximum atomic E-state index is 12.6. The second-order valence-corrected chi connectivity index (χ2v) is 9.30. The van der Waals surface area contributed by atoms with E-state index in [0.29, 0.717) is 12.5 Å². The summed E-state index contributed by atoms with van der Waals surface area (Å²) in [4.78, 5) is 27.4. The molecule has 1 aliphatic carbocycles. The molecule has 2 aromatic rings. The van der Waals surface area contributed by atoms with Crippen LogP contribution < -0.4 is 10.6 Å². The van der Waals surface area contributed by atoms with Gasteiger partial charge in [0, 0.05) is 24.2 Å². The molecule has 32 heavy (non-hydrogen) atoms. The van der Waals surface area contributed by atoms with Crippen molar-refractivity contribution in [2.45, 2.75) is 64.0 Å². The number of carbonyl (C=O) groups is 2. The molecular weight excluding hydrogens is 398 g/mol. The molecule has 0 atom stereocenters. The van der Waals surface area contributed by atoms with Crippen LogP contribution in [0.3, 0.4) is 0 Å². The third-order valence-electron chi connectivity index (χ3n) is 6.73. The van der Waals surface area contributed by atoms with Gasteiger partial charge in [0.25, 0.3) is 0 Å². The number of amides is 2. The van der Waals surface area contributed by atoms with Crippen molar-refractivity contribution in [1.82, 2.24) is 10.2 Å². The standard InChI is InChI=1S/C27H35N3O2/c31-26(19-21-8-3-1-4-9-21)28-25-13-7-10-22(18-25)20-30-16-14-23(15-17-30)27(32)29-24-11-5-2-6-12-24/h1,3-4,7-10,13,18,23-24H,2,5-6,11-12,14-17,19-20H2,(H,28,31)(H,29,32). The average Bonchev–Trinajstić information content (AvgIpc) is 2.81. The van der Waals surface area contributed by atoms with Crippen LogP contribution in [0.2, 0.25) is 0 Å². The van der Waals surface area contributed by atoms with E-state index in [4.69, 9.17) is 0 Å². The Bertz CT molecular complexity index is 885. The summed E-state index contributed by atoms with van der Waals surface area (Å²) >= 11 is 0. The van der Waals surface area contributed by atoms with Gasteiger partial charge in [-0.2, -0.15) is 0 Å². The van der Waals surface area contributed by atoms with E-state index in [-0.39, 0.29) is 17.7 Å². The number of nitrogens with zero attached hydrogens (tertiary/aromatic N) is 1. The van der Waals surface area contributed by atoms with Crippen molar-refractivity contribution in [2.24, 2.45) is 5.92 Å². The lowest BCUT2D eigenvalue weighted by Crippen LogP contribution is -2.44. The molecule has 0 bridgehead atoms. The van der Waals surface area contributed by atoms with E-state index in [0.717, 1.165) is 56.6 Å². The number of carbonyl (C=O) groups excluding carboxylic acids is 2. The van der Waals surface area contributed by atoms with Gasteiger partial charge in [0.15, 0.2) is 0 Å². The van der Waals surface area contributed by atoms with E-state index < -0.39 is 0 Å². The van der Waals surface area contributed by atoms with Crippen LogP contribution in [-0.2, 0) is 22.6 Å². The highest BCUT2D eigenvalue weighted by Crippen LogP contribution is 2.23. The Morgan fingerprint density at radius 1 is 0.844 bits per heavy atom. The Labute approximate surface area is 191 Å². The van der Waals surface area contributed by atoms with Crippen LogP contribution in [-0.4, -0.2) is 35.8 Å². The number of anilines is 1. The number of rotatable bonds is 7. The summed E-state index contributed by atoms with van der Waals surface area (Å²) in [5, 5.41) is 6.32. The summed E-state index contributed by atoms with van der Waals surface area (Å²) in [5.74, 6) is 0.412. The zero-order chi connectivity index (χ0) is 22.2. The molecule has 4 rings (SSSR count). The molecule has 5 heteroatoms. The molecule has 1 saturated heterocycles. The van der Waals surface area contributed by atoms with Crippen molar-refractivity contribution in [2.75, 3.05) is 18.4 Å². The zero-order valence-electron chi connectivity index (χ0n) is 18.9. The SMILES string of the molecule is O=C(Cc1ccccc1)Nc1cccc(CN2CCC(C(=O)NC3CCCCC3)CC2)c1. The number of hydrogen-bond donors (Lipinski definition) is 2. The zero-order valence-corrected chi connectivity index (χ0v) is 18.9. The smallest absolute Gasteiger partial charge is 0.228 e. The predicted octanol–water partition coefficient (Wildman–Crippen LogP) is 4.53. The van der Waals surface area contributed by atoms with Crippen molar-refractivity contribution >= 4 is 17.5 Å². The highest BCUT2D eigenvalue weighted by molar-refractivity contribution is 5.92. The molecule has 1 saturated carbocycles. The van der Waals surface area contributed by atoms with Gasteiger partial charge in [-0.25, -0.2) is 0 Å². The van der Waals surface area contributed by atoms with Gasteiger partial charge >= 0.3 is 0 Å². The summed E-state index contributed by atoms with van der Waals surface area (Å²) in [5.41, 5.74) is 3.04. The molecule has 2 N–H and O–H groups in total. The van der Waals surface area contributed by atoms with Gasteiger partial charge in [0.2, 0.25) is 11.8 Å². The maximum absolute atomic E-state index is 12.6. The minimum absolute atomic E-state index is 0.00172. The third-order valence-corrected chi connectivity index (χ3v) is 6.73. The molecule has 1 heterocycles. The number of benzene rings is 2. The summed E-state index contributed by atoms with van der Waals surface area (Å²) < 4.78 is 0. The van der Waals surface area contributed by atoms with E-state index >= 15 is 0 Å². The third kappa shape index (κ3) is 6.67. The van der Waals surface area contributed by atoms with Crippen molar-refractivity contribution in [3.05, 3.63) is 65.7 Å². The first kappa shape index (κ1) is 22.5. The molecule has 0 unspecified atom stereocenters. The molecule has 0 radical (unpaired) electrons. The molecule has 1 aliphatic heterocycles. The van der Waals surface area contributed by atoms with E-state index in [1.165, 1.54) is 24.8 Å². The van der Waals surface area contributed by atoms with Crippen molar-refractivity contribution in [3.8, 4) is 0 Å². The Balaban J connectivity index is 1.22. The fourth-order valence-corrected chi connectivity index (χ4v) is 4.91. The van der Waals surface area contributed by atoms with Crippen LogP contribution in [0.4, 0.5) is 5.69 Å². The fraction of sp³-hybridized carbons (Fsp3) is 0.481. The molecule has 2 fully saturated rings. The van der Waals surface area contributed by atoms with Gasteiger partial charge in [-0.3, -0.25) is 14.5 Å². The Morgan fingerprint density at radius 3 is 2.31 bits per heavy atom. The number of hydrogen-bond acceptors (Lipinski definition) is 3. The van der Waals surface area contributed by atoms with E-state index in [1.807, 2.05) is 42.5 Å². The molecule has 0 spiro atoms. The summed E-state index contributed by atoms with van der Waals surface area (Å²) in [6, 6.07) is 18.3. The first-order valence-electron chi connectivity index (χ1n) is 12.1. The second kappa shape index (κ2) is 11.3. The Kier molecular flexibility index (Phi) is 7.94. The minimum Gasteiger partial charge on any atom is -0.353 e. The Morgan fingerprint density at radius 2 is 1.56 bits per heavy atom. The first-order valence-corrected chi connectivity index (χ1v) is 12.1. The molecule has 2 amide bonds.